The molecule has 2 heterocycles. The van der Waals surface area contributed by atoms with Crippen LogP contribution in [0.5, 0.6) is 0 Å². The topological polar surface area (TPSA) is 64.2 Å². The van der Waals surface area contributed by atoms with Crippen LogP contribution in [0.15, 0.2) is 12.4 Å². The number of likely N-dealkylation sites (tertiary alicyclic amines) is 1. The summed E-state index contributed by atoms with van der Waals surface area (Å²) in [6, 6.07) is -0.226. The van der Waals surface area contributed by atoms with E-state index in [9.17, 15) is 4.79 Å². The number of hydrogen-bond acceptors (Lipinski definition) is 3. The fraction of sp³-hybridized carbons (Fsp3) is 0.556. The van der Waals surface area contributed by atoms with E-state index in [0.717, 1.165) is 5.82 Å². The fourth-order valence-corrected chi connectivity index (χ4v) is 1.93. The first-order chi connectivity index (χ1) is 6.61. The molecule has 0 saturated carbocycles. The van der Waals surface area contributed by atoms with Gasteiger partial charge in [0.05, 0.1) is 0 Å². The van der Waals surface area contributed by atoms with E-state index in [2.05, 4.69) is 4.98 Å². The van der Waals surface area contributed by atoms with Crippen molar-refractivity contribution in [3.63, 3.8) is 0 Å². The summed E-state index contributed by atoms with van der Waals surface area (Å²) in [4.78, 5) is 17.3. The Hall–Kier alpha value is -1.36. The van der Waals surface area contributed by atoms with Gasteiger partial charge in [0, 0.05) is 39.0 Å². The SMILES string of the molecule is CN1C(=O)C[C@H](N)[C@H]1c1nccn1C. The van der Waals surface area contributed by atoms with Gasteiger partial charge in [-0.3, -0.25) is 4.79 Å². The van der Waals surface area contributed by atoms with Gasteiger partial charge in [-0.2, -0.15) is 0 Å². The maximum absolute atomic E-state index is 11.4. The maximum atomic E-state index is 11.4. The van der Waals surface area contributed by atoms with Gasteiger partial charge in [0.25, 0.3) is 0 Å². The third kappa shape index (κ3) is 1.21. The molecule has 1 amide bonds. The summed E-state index contributed by atoms with van der Waals surface area (Å²) < 4.78 is 1.90. The standard InChI is InChI=1S/C9H14N4O/c1-12-4-3-11-9(12)8-6(10)5-7(14)13(8)2/h3-4,6,8H,5,10H2,1-2H3/t6-,8-/m0/s1. The van der Waals surface area contributed by atoms with Gasteiger partial charge in [-0.05, 0) is 0 Å². The molecule has 14 heavy (non-hydrogen) atoms. The molecule has 1 aromatic heterocycles. The Labute approximate surface area is 82.5 Å². The van der Waals surface area contributed by atoms with Gasteiger partial charge in [-0.15, -0.1) is 0 Å². The number of likely N-dealkylation sites (N-methyl/N-ethyl adjacent to an activating group) is 1. The Morgan fingerprint density at radius 2 is 2.29 bits per heavy atom. The van der Waals surface area contributed by atoms with Crippen LogP contribution in [0.25, 0.3) is 0 Å². The molecule has 0 spiro atoms. The number of nitrogens with zero attached hydrogens (tertiary/aromatic N) is 3. The van der Waals surface area contributed by atoms with Crippen molar-refractivity contribution in [2.24, 2.45) is 12.8 Å². The van der Waals surface area contributed by atoms with Crippen molar-refractivity contribution >= 4 is 5.91 Å². The number of nitrogens with two attached hydrogens (primary N) is 1. The zero-order chi connectivity index (χ0) is 10.3. The zero-order valence-corrected chi connectivity index (χ0v) is 8.34. The Morgan fingerprint density at radius 1 is 1.57 bits per heavy atom. The van der Waals surface area contributed by atoms with Crippen LogP contribution in [0.1, 0.15) is 18.3 Å². The van der Waals surface area contributed by atoms with E-state index in [1.165, 1.54) is 0 Å². The molecule has 1 aliphatic rings. The number of imidazole rings is 1. The van der Waals surface area contributed by atoms with Gasteiger partial charge >= 0.3 is 0 Å². The van der Waals surface area contributed by atoms with Crippen LogP contribution in [0, 0.1) is 0 Å². The summed E-state index contributed by atoms with van der Waals surface area (Å²) in [7, 11) is 3.68. The Bertz CT molecular complexity index is 359. The lowest BCUT2D eigenvalue weighted by Gasteiger charge is -2.22. The molecule has 2 atom stereocenters. The van der Waals surface area contributed by atoms with Gasteiger partial charge < -0.3 is 15.2 Å². The second-order valence-electron chi connectivity index (χ2n) is 3.71. The number of carbonyl (C=O) groups excluding carboxylic acids is 1. The van der Waals surface area contributed by atoms with Crippen molar-refractivity contribution in [2.75, 3.05) is 7.05 Å². The minimum absolute atomic E-state index is 0.0810. The van der Waals surface area contributed by atoms with Gasteiger partial charge in [-0.1, -0.05) is 0 Å². The number of rotatable bonds is 1. The molecule has 76 valence electrons. The third-order valence-corrected chi connectivity index (χ3v) is 2.75. The van der Waals surface area contributed by atoms with Crippen LogP contribution in [0.2, 0.25) is 0 Å². The van der Waals surface area contributed by atoms with Crippen LogP contribution in [0.3, 0.4) is 0 Å². The van der Waals surface area contributed by atoms with Gasteiger partial charge in [0.1, 0.15) is 11.9 Å². The van der Waals surface area contributed by atoms with E-state index in [1.807, 2.05) is 17.8 Å². The maximum Gasteiger partial charge on any atom is 0.224 e. The van der Waals surface area contributed by atoms with Crippen LogP contribution < -0.4 is 5.73 Å². The molecule has 1 fully saturated rings. The van der Waals surface area contributed by atoms with E-state index in [1.54, 1.807) is 18.1 Å². The van der Waals surface area contributed by atoms with Crippen LogP contribution in [-0.2, 0) is 11.8 Å². The van der Waals surface area contributed by atoms with Crippen molar-refractivity contribution in [2.45, 2.75) is 18.5 Å². The van der Waals surface area contributed by atoms with E-state index in [0.29, 0.717) is 6.42 Å². The van der Waals surface area contributed by atoms with Crippen molar-refractivity contribution in [3.05, 3.63) is 18.2 Å². The Balaban J connectivity index is 2.35. The number of carbonyl (C=O) groups is 1. The van der Waals surface area contributed by atoms with Crippen LogP contribution >= 0.6 is 0 Å². The lowest BCUT2D eigenvalue weighted by molar-refractivity contribution is -0.127. The van der Waals surface area contributed by atoms with Crippen LogP contribution in [0.4, 0.5) is 0 Å². The van der Waals surface area contributed by atoms with Crippen molar-refractivity contribution in [1.82, 2.24) is 14.5 Å². The highest BCUT2D eigenvalue weighted by molar-refractivity contribution is 5.79. The lowest BCUT2D eigenvalue weighted by Crippen LogP contribution is -2.32. The number of amides is 1. The molecule has 2 N–H and O–H groups in total. The van der Waals surface area contributed by atoms with Crippen molar-refractivity contribution in [3.8, 4) is 0 Å². The summed E-state index contributed by atoms with van der Waals surface area (Å²) >= 11 is 0. The minimum Gasteiger partial charge on any atom is -0.336 e. The summed E-state index contributed by atoms with van der Waals surface area (Å²) in [5, 5.41) is 0. The molecule has 0 bridgehead atoms. The zero-order valence-electron chi connectivity index (χ0n) is 8.34. The molecule has 0 unspecified atom stereocenters. The summed E-state index contributed by atoms with van der Waals surface area (Å²) in [6.45, 7) is 0. The highest BCUT2D eigenvalue weighted by atomic mass is 16.2. The second kappa shape index (κ2) is 3.09. The second-order valence-corrected chi connectivity index (χ2v) is 3.71. The van der Waals surface area contributed by atoms with E-state index >= 15 is 0 Å². The van der Waals surface area contributed by atoms with Crippen LogP contribution in [-0.4, -0.2) is 33.4 Å². The van der Waals surface area contributed by atoms with Crippen molar-refractivity contribution < 1.29 is 4.79 Å². The number of aryl methyl sites for hydroxylation is 1. The predicted molar refractivity (Wildman–Crippen MR) is 51.3 cm³/mol. The normalized spacial score (nSPS) is 27.4. The first kappa shape index (κ1) is 9.21. The third-order valence-electron chi connectivity index (χ3n) is 2.75. The molecule has 2 rings (SSSR count). The molecule has 1 aromatic rings. The minimum atomic E-state index is -0.145. The molecule has 0 aromatic carbocycles. The van der Waals surface area contributed by atoms with Crippen molar-refractivity contribution in [1.29, 1.82) is 0 Å². The average molecular weight is 194 g/mol. The highest BCUT2D eigenvalue weighted by Gasteiger charge is 2.38. The van der Waals surface area contributed by atoms with E-state index in [4.69, 9.17) is 5.73 Å². The smallest absolute Gasteiger partial charge is 0.224 e. The Kier molecular flexibility index (Phi) is 2.03. The quantitative estimate of drug-likeness (QED) is 0.664. The van der Waals surface area contributed by atoms with Gasteiger partial charge in [0.2, 0.25) is 5.91 Å². The molecular weight excluding hydrogens is 180 g/mol. The Morgan fingerprint density at radius 3 is 2.71 bits per heavy atom. The summed E-state index contributed by atoms with van der Waals surface area (Å²) in [6.07, 6.45) is 3.99. The molecule has 1 saturated heterocycles. The molecule has 5 nitrogen and oxygen atoms in total. The van der Waals surface area contributed by atoms with E-state index < -0.39 is 0 Å². The summed E-state index contributed by atoms with van der Waals surface area (Å²) in [5.41, 5.74) is 5.90. The monoisotopic (exact) mass is 194 g/mol. The average Bonchev–Trinajstić information content (AvgIpc) is 2.60. The first-order valence-corrected chi connectivity index (χ1v) is 4.59. The molecular formula is C9H14N4O. The number of aromatic nitrogens is 2. The largest absolute Gasteiger partial charge is 0.336 e. The van der Waals surface area contributed by atoms with Gasteiger partial charge in [-0.25, -0.2) is 4.98 Å². The highest BCUT2D eigenvalue weighted by Crippen LogP contribution is 2.28. The molecule has 1 aliphatic heterocycles. The van der Waals surface area contributed by atoms with E-state index in [-0.39, 0.29) is 18.0 Å². The first-order valence-electron chi connectivity index (χ1n) is 4.59. The van der Waals surface area contributed by atoms with Gasteiger partial charge in [0.15, 0.2) is 0 Å². The molecule has 5 heteroatoms. The summed E-state index contributed by atoms with van der Waals surface area (Å²) in [5.74, 6) is 0.941. The lowest BCUT2D eigenvalue weighted by atomic mass is 10.1. The molecule has 0 aliphatic carbocycles. The fourth-order valence-electron chi connectivity index (χ4n) is 1.93. The predicted octanol–water partition coefficient (Wildman–Crippen LogP) is -0.349. The number of hydrogen-bond donors (Lipinski definition) is 1. The molecule has 0 radical (unpaired) electrons.